The van der Waals surface area contributed by atoms with Crippen molar-refractivity contribution in [2.24, 2.45) is 0 Å². The summed E-state index contributed by atoms with van der Waals surface area (Å²) in [6.07, 6.45) is 2.22. The van der Waals surface area contributed by atoms with Crippen molar-refractivity contribution in [3.63, 3.8) is 0 Å². The van der Waals surface area contributed by atoms with Gasteiger partial charge in [-0.25, -0.2) is 4.79 Å². The highest BCUT2D eigenvalue weighted by atomic mass is 16.6. The molecule has 0 aromatic carbocycles. The summed E-state index contributed by atoms with van der Waals surface area (Å²) in [7, 11) is 0. The molecule has 142 valence electrons. The van der Waals surface area contributed by atoms with Crippen LogP contribution in [0.3, 0.4) is 0 Å². The van der Waals surface area contributed by atoms with Crippen LogP contribution >= 0.6 is 0 Å². The normalized spacial score (nSPS) is 30.3. The number of aliphatic hydroxyl groups is 1. The number of hydrogen-bond donors (Lipinski definition) is 1. The standard InChI is InChI=1S/C19H24O7/c1-10-5-6-15(22)11(2)8-17(25-13(4)21)18-14(9-24-12(3)20)19(23)26-16(18)7-10/h7-8,15-17,22H,5-6,9H2,1-4H3/b10-7+,11-8+/t15-,16+,17-/m0/s1. The molecule has 0 aromatic heterocycles. The lowest BCUT2D eigenvalue weighted by molar-refractivity contribution is -0.143. The van der Waals surface area contributed by atoms with Gasteiger partial charge in [-0.15, -0.1) is 0 Å². The van der Waals surface area contributed by atoms with Crippen LogP contribution in [-0.2, 0) is 28.6 Å². The maximum atomic E-state index is 12.3. The molecule has 3 atom stereocenters. The maximum absolute atomic E-state index is 12.3. The number of esters is 3. The predicted octanol–water partition coefficient (Wildman–Crippen LogP) is 1.75. The lowest BCUT2D eigenvalue weighted by atomic mass is 9.92. The zero-order chi connectivity index (χ0) is 19.4. The molecule has 2 aliphatic rings. The summed E-state index contributed by atoms with van der Waals surface area (Å²) in [5.74, 6) is -1.69. The van der Waals surface area contributed by atoms with E-state index in [0.717, 1.165) is 5.57 Å². The molecule has 7 heteroatoms. The van der Waals surface area contributed by atoms with Crippen molar-refractivity contribution in [3.8, 4) is 0 Å². The van der Waals surface area contributed by atoms with Crippen LogP contribution in [0.5, 0.6) is 0 Å². The molecule has 26 heavy (non-hydrogen) atoms. The van der Waals surface area contributed by atoms with E-state index in [4.69, 9.17) is 14.2 Å². The zero-order valence-electron chi connectivity index (χ0n) is 15.4. The summed E-state index contributed by atoms with van der Waals surface area (Å²) in [6, 6.07) is 0. The van der Waals surface area contributed by atoms with Gasteiger partial charge in [-0.1, -0.05) is 5.57 Å². The molecule has 1 heterocycles. The Bertz CT molecular complexity index is 699. The summed E-state index contributed by atoms with van der Waals surface area (Å²) in [5.41, 5.74) is 2.13. The molecule has 2 rings (SSSR count). The molecule has 1 aliphatic carbocycles. The highest BCUT2D eigenvalue weighted by Gasteiger charge is 2.39. The molecule has 1 N–H and O–H groups in total. The van der Waals surface area contributed by atoms with Crippen molar-refractivity contribution in [1.29, 1.82) is 0 Å². The highest BCUT2D eigenvalue weighted by Crippen LogP contribution is 2.32. The van der Waals surface area contributed by atoms with Gasteiger partial charge in [0.15, 0.2) is 0 Å². The summed E-state index contributed by atoms with van der Waals surface area (Å²) in [5, 5.41) is 10.3. The van der Waals surface area contributed by atoms with Gasteiger partial charge < -0.3 is 19.3 Å². The first kappa shape index (κ1) is 19.9. The molecular weight excluding hydrogens is 340 g/mol. The number of allylic oxidation sites excluding steroid dienone is 1. The number of aliphatic hydroxyl groups excluding tert-OH is 1. The van der Waals surface area contributed by atoms with E-state index in [2.05, 4.69) is 0 Å². The smallest absolute Gasteiger partial charge is 0.338 e. The molecule has 0 radical (unpaired) electrons. The largest absolute Gasteiger partial charge is 0.461 e. The summed E-state index contributed by atoms with van der Waals surface area (Å²) in [6.45, 7) is 5.85. The van der Waals surface area contributed by atoms with Crippen LogP contribution in [-0.4, -0.2) is 47.9 Å². The lowest BCUT2D eigenvalue weighted by Crippen LogP contribution is -2.26. The first-order valence-electron chi connectivity index (χ1n) is 8.47. The summed E-state index contributed by atoms with van der Waals surface area (Å²) >= 11 is 0. The van der Waals surface area contributed by atoms with Crippen LogP contribution in [0.25, 0.3) is 0 Å². The molecule has 0 saturated carbocycles. The predicted molar refractivity (Wildman–Crippen MR) is 91.8 cm³/mol. The van der Waals surface area contributed by atoms with Crippen molar-refractivity contribution in [2.45, 2.75) is 58.8 Å². The van der Waals surface area contributed by atoms with E-state index >= 15 is 0 Å². The summed E-state index contributed by atoms with van der Waals surface area (Å²) < 4.78 is 15.8. The van der Waals surface area contributed by atoms with Gasteiger partial charge in [0, 0.05) is 19.4 Å². The maximum Gasteiger partial charge on any atom is 0.338 e. The minimum atomic E-state index is -0.897. The van der Waals surface area contributed by atoms with E-state index in [0.29, 0.717) is 24.0 Å². The third kappa shape index (κ3) is 4.82. The number of rotatable bonds is 3. The van der Waals surface area contributed by atoms with Gasteiger partial charge in [0.2, 0.25) is 0 Å². The second-order valence-corrected chi connectivity index (χ2v) is 6.55. The second-order valence-electron chi connectivity index (χ2n) is 6.55. The van der Waals surface area contributed by atoms with Gasteiger partial charge >= 0.3 is 17.9 Å². The van der Waals surface area contributed by atoms with Gasteiger partial charge in [-0.2, -0.15) is 0 Å². The Kier molecular flexibility index (Phi) is 6.37. The van der Waals surface area contributed by atoms with E-state index in [9.17, 15) is 19.5 Å². The number of ether oxygens (including phenoxy) is 3. The Balaban J connectivity index is 2.57. The Hall–Kier alpha value is -2.41. The number of carbonyl (C=O) groups is 3. The first-order valence-corrected chi connectivity index (χ1v) is 8.47. The fourth-order valence-corrected chi connectivity index (χ4v) is 2.96. The zero-order valence-corrected chi connectivity index (χ0v) is 15.4. The van der Waals surface area contributed by atoms with Crippen molar-refractivity contribution in [3.05, 3.63) is 34.4 Å². The molecule has 0 spiro atoms. The average Bonchev–Trinajstić information content (AvgIpc) is 2.83. The van der Waals surface area contributed by atoms with E-state index in [1.54, 1.807) is 19.1 Å². The minimum absolute atomic E-state index is 0.152. The van der Waals surface area contributed by atoms with Crippen LogP contribution < -0.4 is 0 Å². The molecule has 0 saturated heterocycles. The van der Waals surface area contributed by atoms with Crippen molar-refractivity contribution >= 4 is 17.9 Å². The Labute approximate surface area is 152 Å². The first-order chi connectivity index (χ1) is 12.2. The topological polar surface area (TPSA) is 99.1 Å². The molecule has 0 unspecified atom stereocenters. The monoisotopic (exact) mass is 364 g/mol. The van der Waals surface area contributed by atoms with Crippen molar-refractivity contribution in [2.75, 3.05) is 6.61 Å². The molecule has 7 nitrogen and oxygen atoms in total. The summed E-state index contributed by atoms with van der Waals surface area (Å²) in [4.78, 5) is 35.1. The van der Waals surface area contributed by atoms with E-state index in [1.807, 2.05) is 6.92 Å². The Morgan fingerprint density at radius 3 is 2.54 bits per heavy atom. The number of fused-ring (bicyclic) bond motifs is 1. The fourth-order valence-electron chi connectivity index (χ4n) is 2.96. The molecule has 1 aliphatic heterocycles. The van der Waals surface area contributed by atoms with E-state index < -0.39 is 36.2 Å². The van der Waals surface area contributed by atoms with E-state index in [-0.39, 0.29) is 12.2 Å². The molecule has 0 fully saturated rings. The third-order valence-corrected chi connectivity index (χ3v) is 4.34. The highest BCUT2D eigenvalue weighted by molar-refractivity contribution is 5.94. The van der Waals surface area contributed by atoms with Gasteiger partial charge in [0.25, 0.3) is 0 Å². The quantitative estimate of drug-likeness (QED) is 0.463. The van der Waals surface area contributed by atoms with Crippen molar-refractivity contribution < 1.29 is 33.7 Å². The van der Waals surface area contributed by atoms with E-state index in [1.165, 1.54) is 13.8 Å². The molecule has 0 amide bonds. The van der Waals surface area contributed by atoms with Gasteiger partial charge in [0.1, 0.15) is 18.8 Å². The van der Waals surface area contributed by atoms with Crippen LogP contribution in [0, 0.1) is 0 Å². The Morgan fingerprint density at radius 2 is 1.92 bits per heavy atom. The van der Waals surface area contributed by atoms with Crippen molar-refractivity contribution in [1.82, 2.24) is 0 Å². The van der Waals surface area contributed by atoms with Gasteiger partial charge in [-0.05, 0) is 44.4 Å². The van der Waals surface area contributed by atoms with Crippen LogP contribution in [0.4, 0.5) is 0 Å². The molecule has 0 bridgehead atoms. The van der Waals surface area contributed by atoms with Crippen LogP contribution in [0.1, 0.15) is 40.5 Å². The Morgan fingerprint density at radius 1 is 1.23 bits per heavy atom. The van der Waals surface area contributed by atoms with Gasteiger partial charge in [0.05, 0.1) is 11.7 Å². The number of carbonyl (C=O) groups excluding carboxylic acids is 3. The third-order valence-electron chi connectivity index (χ3n) is 4.34. The lowest BCUT2D eigenvalue weighted by Gasteiger charge is -2.23. The average molecular weight is 364 g/mol. The minimum Gasteiger partial charge on any atom is -0.461 e. The van der Waals surface area contributed by atoms with Crippen LogP contribution in [0.2, 0.25) is 0 Å². The number of hydrogen-bond acceptors (Lipinski definition) is 7. The van der Waals surface area contributed by atoms with Crippen LogP contribution in [0.15, 0.2) is 34.4 Å². The van der Waals surface area contributed by atoms with Gasteiger partial charge in [-0.3, -0.25) is 9.59 Å². The molecular formula is C19H24O7. The fraction of sp³-hybridized carbons (Fsp3) is 0.526. The SMILES string of the molecule is CC(=O)OCC1=C2[C@@H](OC(C)=O)/C=C(\C)[C@@H](O)CC/C(C)=C/[C@H]2OC1=O. The molecule has 0 aromatic rings. The second kappa shape index (κ2) is 8.31.